The van der Waals surface area contributed by atoms with E-state index in [1.165, 1.54) is 11.1 Å². The van der Waals surface area contributed by atoms with Crippen LogP contribution in [0.25, 0.3) is 0 Å². The Kier molecular flexibility index (Phi) is 4.51. The average Bonchev–Trinajstić information content (AvgIpc) is 3.14. The summed E-state index contributed by atoms with van der Waals surface area (Å²) in [5.41, 5.74) is 3.45. The molecule has 1 aliphatic heterocycles. The monoisotopic (exact) mass is 325 g/mol. The van der Waals surface area contributed by atoms with Crippen molar-refractivity contribution in [1.82, 2.24) is 14.5 Å². The third-order valence-electron chi connectivity index (χ3n) is 4.94. The van der Waals surface area contributed by atoms with Crippen molar-refractivity contribution in [1.29, 1.82) is 0 Å². The highest BCUT2D eigenvalue weighted by molar-refractivity contribution is 6.39. The van der Waals surface area contributed by atoms with E-state index in [0.717, 1.165) is 18.5 Å². The summed E-state index contributed by atoms with van der Waals surface area (Å²) in [6, 6.07) is 6.05. The van der Waals surface area contributed by atoms with Gasteiger partial charge in [-0.3, -0.25) is 9.59 Å². The highest BCUT2D eigenvalue weighted by atomic mass is 16.2. The Labute approximate surface area is 142 Å². The van der Waals surface area contributed by atoms with Crippen LogP contribution < -0.4 is 0 Å². The van der Waals surface area contributed by atoms with Crippen molar-refractivity contribution >= 4 is 11.7 Å². The van der Waals surface area contributed by atoms with Gasteiger partial charge in [-0.15, -0.1) is 0 Å². The van der Waals surface area contributed by atoms with E-state index in [1.54, 1.807) is 17.4 Å². The molecule has 2 heterocycles. The number of amides is 1. The molecule has 5 nitrogen and oxygen atoms in total. The number of nitrogens with zero attached hydrogens (tertiary/aromatic N) is 3. The number of rotatable bonds is 5. The van der Waals surface area contributed by atoms with E-state index < -0.39 is 0 Å². The lowest BCUT2D eigenvalue weighted by Gasteiger charge is -2.27. The van der Waals surface area contributed by atoms with E-state index in [0.29, 0.717) is 6.54 Å². The summed E-state index contributed by atoms with van der Waals surface area (Å²) in [5, 5.41) is 0. The number of likely N-dealkylation sites (tertiary alicyclic amines) is 1. The fourth-order valence-corrected chi connectivity index (χ4v) is 3.38. The van der Waals surface area contributed by atoms with E-state index in [9.17, 15) is 9.59 Å². The van der Waals surface area contributed by atoms with E-state index in [4.69, 9.17) is 0 Å². The molecule has 1 fully saturated rings. The topological polar surface area (TPSA) is 55.2 Å². The lowest BCUT2D eigenvalue weighted by Crippen LogP contribution is -2.31. The van der Waals surface area contributed by atoms with Gasteiger partial charge in [0.2, 0.25) is 5.78 Å². The van der Waals surface area contributed by atoms with E-state index >= 15 is 0 Å². The molecule has 1 amide bonds. The summed E-state index contributed by atoms with van der Waals surface area (Å²) in [7, 11) is 0. The molecule has 1 aliphatic rings. The Morgan fingerprint density at radius 2 is 1.92 bits per heavy atom. The molecule has 24 heavy (non-hydrogen) atoms. The highest BCUT2D eigenvalue weighted by Gasteiger charge is 2.44. The second kappa shape index (κ2) is 6.59. The van der Waals surface area contributed by atoms with Crippen molar-refractivity contribution in [3.05, 3.63) is 53.6 Å². The van der Waals surface area contributed by atoms with Crippen LogP contribution in [0.1, 0.15) is 36.1 Å². The molecule has 0 saturated carbocycles. The number of aromatic nitrogens is 2. The molecule has 2 atom stereocenters. The lowest BCUT2D eigenvalue weighted by atomic mass is 9.92. The summed E-state index contributed by atoms with van der Waals surface area (Å²) in [4.78, 5) is 30.4. The van der Waals surface area contributed by atoms with Gasteiger partial charge in [-0.2, -0.15) is 0 Å². The molecule has 0 bridgehead atoms. The molecule has 0 N–H and O–H groups in total. The maximum atomic E-state index is 12.4. The summed E-state index contributed by atoms with van der Waals surface area (Å²) in [6.45, 7) is 7.34. The van der Waals surface area contributed by atoms with E-state index in [1.807, 2.05) is 23.8 Å². The molecule has 0 aliphatic carbocycles. The highest BCUT2D eigenvalue weighted by Crippen LogP contribution is 2.36. The van der Waals surface area contributed by atoms with Gasteiger partial charge >= 0.3 is 0 Å². The fraction of sp³-hybridized carbons (Fsp3) is 0.421. The molecule has 3 rings (SSSR count). The smallest absolute Gasteiger partial charge is 0.290 e. The zero-order valence-corrected chi connectivity index (χ0v) is 14.4. The van der Waals surface area contributed by atoms with Gasteiger partial charge < -0.3 is 9.47 Å². The van der Waals surface area contributed by atoms with Crippen molar-refractivity contribution < 1.29 is 9.59 Å². The SMILES string of the molecule is Cc1ccc(C2C(C)C(=O)C(=O)N2CCCn2ccnc2)cc1C. The average molecular weight is 325 g/mol. The molecule has 1 aromatic carbocycles. The third-order valence-corrected chi connectivity index (χ3v) is 4.94. The summed E-state index contributed by atoms with van der Waals surface area (Å²) in [6.07, 6.45) is 6.20. The minimum absolute atomic E-state index is 0.160. The molecule has 2 aromatic rings. The molecule has 0 spiro atoms. The van der Waals surface area contributed by atoms with Crippen molar-refractivity contribution in [2.24, 2.45) is 5.92 Å². The first kappa shape index (κ1) is 16.4. The first-order valence-corrected chi connectivity index (χ1v) is 8.36. The van der Waals surface area contributed by atoms with Crippen LogP contribution in [0, 0.1) is 19.8 Å². The Morgan fingerprint density at radius 1 is 1.12 bits per heavy atom. The molecule has 1 saturated heterocycles. The molecule has 126 valence electrons. The minimum atomic E-state index is -0.351. The number of ketones is 1. The Morgan fingerprint density at radius 3 is 2.58 bits per heavy atom. The number of hydrogen-bond donors (Lipinski definition) is 0. The number of carbonyl (C=O) groups excluding carboxylic acids is 2. The van der Waals surface area contributed by atoms with Crippen LogP contribution in [-0.4, -0.2) is 32.7 Å². The van der Waals surface area contributed by atoms with Gasteiger partial charge in [-0.25, -0.2) is 4.98 Å². The van der Waals surface area contributed by atoms with Crippen molar-refractivity contribution in [3.63, 3.8) is 0 Å². The van der Waals surface area contributed by atoms with Crippen LogP contribution in [-0.2, 0) is 16.1 Å². The standard InChI is InChI=1S/C19H23N3O2/c1-13-5-6-16(11-14(13)2)17-15(3)18(23)19(24)22(17)9-4-8-21-10-7-20-12-21/h5-7,10-12,15,17H,4,8-9H2,1-3H3. The maximum absolute atomic E-state index is 12.4. The largest absolute Gasteiger partial charge is 0.337 e. The number of benzene rings is 1. The second-order valence-corrected chi connectivity index (χ2v) is 6.59. The Balaban J connectivity index is 1.79. The van der Waals surface area contributed by atoms with Crippen LogP contribution in [0.5, 0.6) is 0 Å². The number of hydrogen-bond acceptors (Lipinski definition) is 3. The lowest BCUT2D eigenvalue weighted by molar-refractivity contribution is -0.141. The van der Waals surface area contributed by atoms with Crippen LogP contribution in [0.4, 0.5) is 0 Å². The molecule has 1 aromatic heterocycles. The van der Waals surface area contributed by atoms with Crippen LogP contribution >= 0.6 is 0 Å². The van der Waals surface area contributed by atoms with Crippen LogP contribution in [0.2, 0.25) is 0 Å². The van der Waals surface area contributed by atoms with Crippen molar-refractivity contribution in [2.75, 3.05) is 6.54 Å². The molecular formula is C19H23N3O2. The molecule has 2 unspecified atom stereocenters. The van der Waals surface area contributed by atoms with Crippen LogP contribution in [0.3, 0.4) is 0 Å². The van der Waals surface area contributed by atoms with Gasteiger partial charge in [0.05, 0.1) is 12.4 Å². The van der Waals surface area contributed by atoms with E-state index in [-0.39, 0.29) is 23.7 Å². The van der Waals surface area contributed by atoms with Gasteiger partial charge in [0, 0.05) is 31.4 Å². The fourth-order valence-electron chi connectivity index (χ4n) is 3.38. The zero-order valence-electron chi connectivity index (χ0n) is 14.4. The normalized spacial score (nSPS) is 20.9. The molecule has 0 radical (unpaired) electrons. The van der Waals surface area contributed by atoms with Gasteiger partial charge in [-0.1, -0.05) is 25.1 Å². The number of aryl methyl sites for hydroxylation is 3. The quantitative estimate of drug-likeness (QED) is 0.794. The third kappa shape index (κ3) is 2.98. The number of carbonyl (C=O) groups is 2. The minimum Gasteiger partial charge on any atom is -0.337 e. The van der Waals surface area contributed by atoms with Crippen molar-refractivity contribution in [2.45, 2.75) is 39.8 Å². The summed E-state index contributed by atoms with van der Waals surface area (Å²) >= 11 is 0. The maximum Gasteiger partial charge on any atom is 0.290 e. The summed E-state index contributed by atoms with van der Waals surface area (Å²) < 4.78 is 1.98. The molecule has 5 heteroatoms. The summed E-state index contributed by atoms with van der Waals surface area (Å²) in [5.74, 6) is -0.926. The Bertz CT molecular complexity index is 752. The van der Waals surface area contributed by atoms with Gasteiger partial charge in [0.25, 0.3) is 5.91 Å². The first-order chi connectivity index (χ1) is 11.5. The predicted octanol–water partition coefficient (Wildman–Crippen LogP) is 2.68. The van der Waals surface area contributed by atoms with Crippen molar-refractivity contribution in [3.8, 4) is 0 Å². The van der Waals surface area contributed by atoms with Gasteiger partial charge in [0.1, 0.15) is 0 Å². The number of Topliss-reactive ketones (excluding diaryl/α,β-unsaturated/α-hetero) is 1. The van der Waals surface area contributed by atoms with Gasteiger partial charge in [-0.05, 0) is 37.0 Å². The first-order valence-electron chi connectivity index (χ1n) is 8.36. The Hall–Kier alpha value is -2.43. The second-order valence-electron chi connectivity index (χ2n) is 6.59. The number of imidazole rings is 1. The van der Waals surface area contributed by atoms with Crippen LogP contribution in [0.15, 0.2) is 36.9 Å². The predicted molar refractivity (Wildman–Crippen MR) is 91.4 cm³/mol. The zero-order chi connectivity index (χ0) is 17.3. The molecular weight excluding hydrogens is 302 g/mol. The van der Waals surface area contributed by atoms with Gasteiger partial charge in [0.15, 0.2) is 0 Å². The van der Waals surface area contributed by atoms with E-state index in [2.05, 4.69) is 31.0 Å².